The molecule has 0 aromatic heterocycles. The number of benzene rings is 1. The van der Waals surface area contributed by atoms with E-state index < -0.39 is 0 Å². The van der Waals surface area contributed by atoms with Gasteiger partial charge in [-0.3, -0.25) is 4.79 Å². The summed E-state index contributed by atoms with van der Waals surface area (Å²) in [5.41, 5.74) is 0.866. The van der Waals surface area contributed by atoms with Crippen molar-refractivity contribution in [2.75, 3.05) is 7.05 Å². The monoisotopic (exact) mass is 233 g/mol. The van der Waals surface area contributed by atoms with Crippen LogP contribution < -0.4 is 0 Å². The van der Waals surface area contributed by atoms with Crippen molar-refractivity contribution >= 4 is 5.91 Å². The molecule has 1 amide bonds. The number of carbonyl (C=O) groups is 1. The summed E-state index contributed by atoms with van der Waals surface area (Å²) in [4.78, 5) is 13.9. The number of hydrogen-bond acceptors (Lipinski definition) is 2. The number of phenolic OH excluding ortho intramolecular Hbond substituents is 1. The van der Waals surface area contributed by atoms with Gasteiger partial charge in [-0.25, -0.2) is 0 Å². The van der Waals surface area contributed by atoms with Gasteiger partial charge in [0, 0.05) is 13.1 Å². The van der Waals surface area contributed by atoms with E-state index in [1.54, 1.807) is 18.2 Å². The van der Waals surface area contributed by atoms with Gasteiger partial charge in [0.1, 0.15) is 5.75 Å². The molecule has 1 fully saturated rings. The molecule has 1 atom stereocenters. The maximum atomic E-state index is 12.0. The number of amides is 1. The second-order valence-corrected chi connectivity index (χ2v) is 4.93. The summed E-state index contributed by atoms with van der Waals surface area (Å²) in [7, 11) is 1.87. The van der Waals surface area contributed by atoms with Crippen LogP contribution in [0.4, 0.5) is 0 Å². The molecule has 0 aliphatic heterocycles. The molecular weight excluding hydrogens is 214 g/mol. The van der Waals surface area contributed by atoms with Crippen LogP contribution in [0.3, 0.4) is 0 Å². The van der Waals surface area contributed by atoms with E-state index in [1.165, 1.54) is 12.8 Å². The van der Waals surface area contributed by atoms with Crippen molar-refractivity contribution in [1.29, 1.82) is 0 Å². The van der Waals surface area contributed by atoms with Crippen molar-refractivity contribution < 1.29 is 9.90 Å². The lowest BCUT2D eigenvalue weighted by atomic mass is 10.1. The van der Waals surface area contributed by atoms with Gasteiger partial charge in [0.15, 0.2) is 0 Å². The van der Waals surface area contributed by atoms with Crippen LogP contribution in [0.2, 0.25) is 0 Å². The lowest BCUT2D eigenvalue weighted by Gasteiger charge is -2.25. The summed E-state index contributed by atoms with van der Waals surface area (Å²) in [6.45, 7) is 2.11. The minimum absolute atomic E-state index is 0.120. The largest absolute Gasteiger partial charge is 0.508 e. The van der Waals surface area contributed by atoms with E-state index in [4.69, 9.17) is 0 Å². The molecule has 17 heavy (non-hydrogen) atoms. The zero-order chi connectivity index (χ0) is 12.4. The van der Waals surface area contributed by atoms with Gasteiger partial charge in [-0.2, -0.15) is 0 Å². The van der Waals surface area contributed by atoms with Crippen molar-refractivity contribution in [1.82, 2.24) is 4.90 Å². The lowest BCUT2D eigenvalue weighted by Crippen LogP contribution is -2.37. The van der Waals surface area contributed by atoms with Gasteiger partial charge in [-0.1, -0.05) is 12.1 Å². The van der Waals surface area contributed by atoms with Crippen LogP contribution in [0.15, 0.2) is 24.3 Å². The van der Waals surface area contributed by atoms with E-state index in [0.29, 0.717) is 18.4 Å². The quantitative estimate of drug-likeness (QED) is 0.866. The minimum atomic E-state index is 0.120. The molecule has 3 heteroatoms. The first kappa shape index (κ1) is 12.0. The van der Waals surface area contributed by atoms with Crippen LogP contribution in [0.1, 0.15) is 25.3 Å². The van der Waals surface area contributed by atoms with Crippen LogP contribution in [0.25, 0.3) is 0 Å². The van der Waals surface area contributed by atoms with Crippen LogP contribution in [0.5, 0.6) is 5.75 Å². The molecule has 0 radical (unpaired) electrons. The SMILES string of the molecule is CC(C1CC1)N(C)C(=O)Cc1cccc(O)c1. The molecule has 1 aromatic rings. The summed E-state index contributed by atoms with van der Waals surface area (Å²) in [6, 6.07) is 7.23. The third kappa shape index (κ3) is 2.99. The van der Waals surface area contributed by atoms with Crippen molar-refractivity contribution in [2.45, 2.75) is 32.2 Å². The Hall–Kier alpha value is -1.51. The van der Waals surface area contributed by atoms with Gasteiger partial charge < -0.3 is 10.0 Å². The second kappa shape index (κ2) is 4.78. The molecular formula is C14H19NO2. The normalized spacial score (nSPS) is 16.6. The van der Waals surface area contributed by atoms with Crippen molar-refractivity contribution in [3.8, 4) is 5.75 Å². The van der Waals surface area contributed by atoms with E-state index in [2.05, 4.69) is 6.92 Å². The molecule has 0 bridgehead atoms. The van der Waals surface area contributed by atoms with Crippen LogP contribution in [0, 0.1) is 5.92 Å². The number of carbonyl (C=O) groups excluding carboxylic acids is 1. The Morgan fingerprint density at radius 1 is 1.53 bits per heavy atom. The summed E-state index contributed by atoms with van der Waals surface area (Å²) >= 11 is 0. The predicted octanol–water partition coefficient (Wildman–Crippen LogP) is 2.19. The van der Waals surface area contributed by atoms with Crippen molar-refractivity contribution in [3.63, 3.8) is 0 Å². The van der Waals surface area contributed by atoms with Gasteiger partial charge in [0.25, 0.3) is 0 Å². The Morgan fingerprint density at radius 3 is 2.82 bits per heavy atom. The van der Waals surface area contributed by atoms with Crippen LogP contribution >= 0.6 is 0 Å². The number of rotatable bonds is 4. The molecule has 1 saturated carbocycles. The topological polar surface area (TPSA) is 40.5 Å². The predicted molar refractivity (Wildman–Crippen MR) is 66.8 cm³/mol. The third-order valence-corrected chi connectivity index (χ3v) is 3.57. The highest BCUT2D eigenvalue weighted by atomic mass is 16.3. The van der Waals surface area contributed by atoms with E-state index in [0.717, 1.165) is 5.56 Å². The van der Waals surface area contributed by atoms with Crippen LogP contribution in [-0.4, -0.2) is 29.0 Å². The average molecular weight is 233 g/mol. The van der Waals surface area contributed by atoms with Gasteiger partial charge in [-0.15, -0.1) is 0 Å². The van der Waals surface area contributed by atoms with Gasteiger partial charge in [0.2, 0.25) is 5.91 Å². The van der Waals surface area contributed by atoms with Gasteiger partial charge in [0.05, 0.1) is 6.42 Å². The Bertz CT molecular complexity index is 412. The summed E-state index contributed by atoms with van der Waals surface area (Å²) in [5, 5.41) is 9.35. The van der Waals surface area contributed by atoms with Gasteiger partial charge >= 0.3 is 0 Å². The first-order chi connectivity index (χ1) is 8.08. The maximum absolute atomic E-state index is 12.0. The molecule has 1 aliphatic rings. The second-order valence-electron chi connectivity index (χ2n) is 4.93. The van der Waals surface area contributed by atoms with E-state index in [9.17, 15) is 9.90 Å². The maximum Gasteiger partial charge on any atom is 0.226 e. The fourth-order valence-electron chi connectivity index (χ4n) is 2.09. The zero-order valence-corrected chi connectivity index (χ0v) is 10.4. The summed E-state index contributed by atoms with van der Waals surface area (Å²) in [5.74, 6) is 1.02. The molecule has 1 N–H and O–H groups in total. The molecule has 0 spiro atoms. The van der Waals surface area contributed by atoms with E-state index in [1.807, 2.05) is 18.0 Å². The van der Waals surface area contributed by atoms with E-state index >= 15 is 0 Å². The minimum Gasteiger partial charge on any atom is -0.508 e. The lowest BCUT2D eigenvalue weighted by molar-refractivity contribution is -0.131. The number of hydrogen-bond donors (Lipinski definition) is 1. The molecule has 0 heterocycles. The summed E-state index contributed by atoms with van der Waals surface area (Å²) < 4.78 is 0. The number of phenols is 1. The molecule has 1 aliphatic carbocycles. The Kier molecular flexibility index (Phi) is 3.36. The average Bonchev–Trinajstić information content (AvgIpc) is 3.11. The standard InChI is InChI=1S/C14H19NO2/c1-10(12-6-7-12)15(2)14(17)9-11-4-3-5-13(16)8-11/h3-5,8,10,12,16H,6-7,9H2,1-2H3. The molecule has 2 rings (SSSR count). The highest BCUT2D eigenvalue weighted by Crippen LogP contribution is 2.34. The first-order valence-corrected chi connectivity index (χ1v) is 6.11. The molecule has 0 saturated heterocycles. The van der Waals surface area contributed by atoms with Crippen LogP contribution in [-0.2, 0) is 11.2 Å². The van der Waals surface area contributed by atoms with Gasteiger partial charge in [-0.05, 0) is 43.4 Å². The van der Waals surface area contributed by atoms with Crippen molar-refractivity contribution in [3.05, 3.63) is 29.8 Å². The van der Waals surface area contributed by atoms with E-state index in [-0.39, 0.29) is 11.7 Å². The Morgan fingerprint density at radius 2 is 2.24 bits per heavy atom. The summed E-state index contributed by atoms with van der Waals surface area (Å²) in [6.07, 6.45) is 2.85. The van der Waals surface area contributed by atoms with Crippen molar-refractivity contribution in [2.24, 2.45) is 5.92 Å². The molecule has 1 aromatic carbocycles. The smallest absolute Gasteiger partial charge is 0.226 e. The zero-order valence-electron chi connectivity index (χ0n) is 10.4. The highest BCUT2D eigenvalue weighted by Gasteiger charge is 2.32. The number of nitrogens with zero attached hydrogens (tertiary/aromatic N) is 1. The number of aromatic hydroxyl groups is 1. The fourth-order valence-corrected chi connectivity index (χ4v) is 2.09. The Labute approximate surface area is 102 Å². The molecule has 1 unspecified atom stereocenters. The first-order valence-electron chi connectivity index (χ1n) is 6.11. The molecule has 3 nitrogen and oxygen atoms in total. The number of likely N-dealkylation sites (N-methyl/N-ethyl adjacent to an activating group) is 1. The fraction of sp³-hybridized carbons (Fsp3) is 0.500. The molecule has 92 valence electrons. The highest BCUT2D eigenvalue weighted by molar-refractivity contribution is 5.79. The third-order valence-electron chi connectivity index (χ3n) is 3.57. The Balaban J connectivity index is 1.96.